The standard InChI is InChI=1S/C22H36N4O.C19H29N5/c1-5-22(2,3)17-7-6-8-18(15-17)25-11-13-26(14-12-25)19-9-10-20(24-16-19)21(27)23-4;1-4-19(2,3)16-5-6-17(11-16)23-7-9-24(10-8-23)18-21-13-15(12-20)14-22-18/h9-10,16-18H,5-8,11-15H2,1-4H3,(H,23,27);13-14,16-17H,4-11H2,1-3H3. The lowest BCUT2D eigenvalue weighted by Crippen LogP contribution is -2.52. The Bertz CT molecular complexity index is 1420. The van der Waals surface area contributed by atoms with E-state index in [-0.39, 0.29) is 5.91 Å². The largest absolute Gasteiger partial charge is 0.368 e. The number of carbonyl (C=O) groups excluding carboxylic acids is 1. The van der Waals surface area contributed by atoms with E-state index in [1.165, 1.54) is 57.8 Å². The highest BCUT2D eigenvalue weighted by Crippen LogP contribution is 2.44. The topological polar surface area (TPSA) is 105 Å². The molecule has 4 unspecified atom stereocenters. The molecule has 2 aliphatic heterocycles. The molecule has 51 heavy (non-hydrogen) atoms. The number of carbonyl (C=O) groups is 1. The predicted octanol–water partition coefficient (Wildman–Crippen LogP) is 6.63. The van der Waals surface area contributed by atoms with Crippen LogP contribution in [-0.2, 0) is 0 Å². The number of anilines is 2. The smallest absolute Gasteiger partial charge is 0.269 e. The van der Waals surface area contributed by atoms with Gasteiger partial charge < -0.3 is 15.1 Å². The van der Waals surface area contributed by atoms with E-state index in [9.17, 15) is 4.79 Å². The number of nitriles is 1. The number of pyridine rings is 1. The number of aromatic nitrogens is 3. The summed E-state index contributed by atoms with van der Waals surface area (Å²) in [5.41, 5.74) is 3.07. The minimum atomic E-state index is -0.131. The van der Waals surface area contributed by atoms with Gasteiger partial charge in [-0.05, 0) is 73.3 Å². The van der Waals surface area contributed by atoms with Gasteiger partial charge in [0.2, 0.25) is 5.95 Å². The van der Waals surface area contributed by atoms with Crippen LogP contribution in [0, 0.1) is 34.0 Å². The van der Waals surface area contributed by atoms with E-state index >= 15 is 0 Å². The van der Waals surface area contributed by atoms with Gasteiger partial charge >= 0.3 is 0 Å². The zero-order valence-electron chi connectivity index (χ0n) is 32.7. The Kier molecular flexibility index (Phi) is 13.3. The number of hydrogen-bond acceptors (Lipinski definition) is 9. The van der Waals surface area contributed by atoms with E-state index in [2.05, 4.69) is 87.5 Å². The van der Waals surface area contributed by atoms with Crippen molar-refractivity contribution in [1.29, 1.82) is 5.26 Å². The van der Waals surface area contributed by atoms with Crippen LogP contribution >= 0.6 is 0 Å². The maximum atomic E-state index is 11.6. The van der Waals surface area contributed by atoms with Gasteiger partial charge in [0.05, 0.1) is 29.8 Å². The van der Waals surface area contributed by atoms with Crippen molar-refractivity contribution >= 4 is 17.5 Å². The molecule has 4 heterocycles. The highest BCUT2D eigenvalue weighted by Gasteiger charge is 2.38. The van der Waals surface area contributed by atoms with Gasteiger partial charge in [0.25, 0.3) is 5.91 Å². The number of amides is 1. The molecule has 2 aromatic rings. The lowest BCUT2D eigenvalue weighted by atomic mass is 9.68. The Hall–Kier alpha value is -3.29. The Morgan fingerprint density at radius 3 is 1.82 bits per heavy atom. The predicted molar refractivity (Wildman–Crippen MR) is 207 cm³/mol. The number of hydrogen-bond donors (Lipinski definition) is 1. The second-order valence-electron chi connectivity index (χ2n) is 16.8. The van der Waals surface area contributed by atoms with Gasteiger partial charge in [-0.1, -0.05) is 60.8 Å². The Labute approximate surface area is 308 Å². The van der Waals surface area contributed by atoms with Crippen molar-refractivity contribution in [2.45, 2.75) is 111 Å². The quantitative estimate of drug-likeness (QED) is 0.309. The highest BCUT2D eigenvalue weighted by atomic mass is 16.1. The van der Waals surface area contributed by atoms with Crippen molar-refractivity contribution in [2.75, 3.05) is 69.2 Å². The third kappa shape index (κ3) is 9.78. The average Bonchev–Trinajstić information content (AvgIpc) is 3.70. The summed E-state index contributed by atoms with van der Waals surface area (Å²) in [5.74, 6) is 2.35. The maximum absolute atomic E-state index is 11.6. The van der Waals surface area contributed by atoms with Crippen LogP contribution in [0.4, 0.5) is 11.6 Å². The summed E-state index contributed by atoms with van der Waals surface area (Å²) in [6.07, 6.45) is 17.2. The molecule has 10 heteroatoms. The summed E-state index contributed by atoms with van der Waals surface area (Å²) in [7, 11) is 1.63. The molecule has 0 radical (unpaired) electrons. The van der Waals surface area contributed by atoms with Gasteiger partial charge in [0.15, 0.2) is 0 Å². The molecule has 280 valence electrons. The molecule has 0 bridgehead atoms. The third-order valence-electron chi connectivity index (χ3n) is 13.4. The van der Waals surface area contributed by atoms with Gasteiger partial charge in [0, 0.05) is 71.5 Å². The molecule has 2 saturated carbocycles. The van der Waals surface area contributed by atoms with Crippen LogP contribution < -0.4 is 15.1 Å². The van der Waals surface area contributed by atoms with Crippen molar-refractivity contribution in [2.24, 2.45) is 22.7 Å². The second kappa shape index (κ2) is 17.5. The Morgan fingerprint density at radius 2 is 1.31 bits per heavy atom. The summed E-state index contributed by atoms with van der Waals surface area (Å²) in [6, 6.07) is 7.42. The second-order valence-corrected chi connectivity index (χ2v) is 16.8. The molecular weight excluding hydrogens is 635 g/mol. The number of nitrogens with zero attached hydrogens (tertiary/aromatic N) is 8. The zero-order chi connectivity index (χ0) is 36.6. The minimum Gasteiger partial charge on any atom is -0.368 e. The maximum Gasteiger partial charge on any atom is 0.269 e. The molecular formula is C41H65N9O. The summed E-state index contributed by atoms with van der Waals surface area (Å²) < 4.78 is 0. The summed E-state index contributed by atoms with van der Waals surface area (Å²) in [5, 5.41) is 11.5. The van der Waals surface area contributed by atoms with Crippen molar-refractivity contribution in [3.8, 4) is 6.07 Å². The number of rotatable bonds is 9. The lowest BCUT2D eigenvalue weighted by molar-refractivity contribution is 0.0697. The molecule has 4 fully saturated rings. The summed E-state index contributed by atoms with van der Waals surface area (Å²) in [6.45, 7) is 22.9. The molecule has 10 nitrogen and oxygen atoms in total. The van der Waals surface area contributed by atoms with Crippen molar-refractivity contribution < 1.29 is 4.79 Å². The first-order chi connectivity index (χ1) is 24.5. The number of piperazine rings is 2. The van der Waals surface area contributed by atoms with E-state index in [0.29, 0.717) is 22.1 Å². The van der Waals surface area contributed by atoms with Crippen LogP contribution in [0.25, 0.3) is 0 Å². The van der Waals surface area contributed by atoms with Crippen molar-refractivity contribution in [1.82, 2.24) is 30.1 Å². The SMILES string of the molecule is CCC(C)(C)C1CCC(N2CCN(c3ncc(C#N)cn3)CC2)C1.CCC(C)(C)C1CCCC(N2CCN(c3ccc(C(=O)NC)nc3)CC2)C1. The number of nitrogens with one attached hydrogen (secondary N) is 1. The van der Waals surface area contributed by atoms with Gasteiger partial charge in [-0.3, -0.25) is 14.6 Å². The molecule has 2 aliphatic carbocycles. The summed E-state index contributed by atoms with van der Waals surface area (Å²) >= 11 is 0. The van der Waals surface area contributed by atoms with Gasteiger partial charge in [0.1, 0.15) is 11.8 Å². The Morgan fingerprint density at radius 1 is 0.765 bits per heavy atom. The fourth-order valence-electron chi connectivity index (χ4n) is 8.79. The van der Waals surface area contributed by atoms with Gasteiger partial charge in [-0.25, -0.2) is 15.0 Å². The van der Waals surface area contributed by atoms with E-state index in [4.69, 9.17) is 5.26 Å². The first-order valence-electron chi connectivity index (χ1n) is 19.9. The highest BCUT2D eigenvalue weighted by molar-refractivity contribution is 5.92. The Balaban J connectivity index is 0.000000199. The average molecular weight is 700 g/mol. The van der Waals surface area contributed by atoms with Crippen LogP contribution in [0.3, 0.4) is 0 Å². The monoisotopic (exact) mass is 700 g/mol. The van der Waals surface area contributed by atoms with Crippen molar-refractivity contribution in [3.05, 3.63) is 42.0 Å². The van der Waals surface area contributed by atoms with E-state index < -0.39 is 0 Å². The zero-order valence-corrected chi connectivity index (χ0v) is 32.7. The molecule has 1 amide bonds. The van der Waals surface area contributed by atoms with Gasteiger partial charge in [-0.15, -0.1) is 0 Å². The van der Waals surface area contributed by atoms with Crippen LogP contribution in [0.5, 0.6) is 0 Å². The molecule has 0 aromatic carbocycles. The summed E-state index contributed by atoms with van der Waals surface area (Å²) in [4.78, 5) is 34.6. The van der Waals surface area contributed by atoms with Gasteiger partial charge in [-0.2, -0.15) is 5.26 Å². The normalized spacial score (nSPS) is 25.1. The molecule has 4 atom stereocenters. The first kappa shape index (κ1) is 38.9. The fourth-order valence-corrected chi connectivity index (χ4v) is 8.79. The third-order valence-corrected chi connectivity index (χ3v) is 13.4. The molecule has 0 spiro atoms. The lowest BCUT2D eigenvalue weighted by Gasteiger charge is -2.46. The van der Waals surface area contributed by atoms with Crippen molar-refractivity contribution in [3.63, 3.8) is 0 Å². The van der Waals surface area contributed by atoms with Crippen LogP contribution in [-0.4, -0.2) is 102 Å². The molecule has 2 saturated heterocycles. The van der Waals surface area contributed by atoms with E-state index in [1.807, 2.05) is 18.3 Å². The molecule has 4 aliphatic rings. The van der Waals surface area contributed by atoms with Crippen LogP contribution in [0.2, 0.25) is 0 Å². The molecule has 1 N–H and O–H groups in total. The fraction of sp³-hybridized carbons (Fsp3) is 0.732. The first-order valence-corrected chi connectivity index (χ1v) is 19.9. The van der Waals surface area contributed by atoms with E-state index in [1.54, 1.807) is 19.4 Å². The van der Waals surface area contributed by atoms with Crippen LogP contribution in [0.15, 0.2) is 30.7 Å². The molecule has 6 rings (SSSR count). The van der Waals surface area contributed by atoms with Crippen LogP contribution in [0.1, 0.15) is 115 Å². The van der Waals surface area contributed by atoms with E-state index in [0.717, 1.165) is 87.9 Å². The molecule has 2 aromatic heterocycles. The minimum absolute atomic E-state index is 0.131.